The van der Waals surface area contributed by atoms with Gasteiger partial charge in [0, 0.05) is 4.90 Å². The minimum Gasteiger partial charge on any atom is -0.477 e. The van der Waals surface area contributed by atoms with Crippen LogP contribution in [-0.2, 0) is 0 Å². The minimum absolute atomic E-state index is 0.138. The fourth-order valence-corrected chi connectivity index (χ4v) is 2.48. The van der Waals surface area contributed by atoms with E-state index in [-0.39, 0.29) is 4.90 Å². The molecule has 0 aliphatic rings. The fourth-order valence-electron chi connectivity index (χ4n) is 1.51. The molecule has 0 heterocycles. The maximum absolute atomic E-state index is 13.6. The number of carbonyl (C=O) groups is 1. The number of aromatic carboxylic acids is 1. The van der Waals surface area contributed by atoms with Gasteiger partial charge in [0.25, 0.3) is 5.69 Å². The molecule has 1 N–H and O–H groups in total. The fraction of sp³-hybridized carbons (Fsp3) is 0.417. The normalized spacial score (nSPS) is 10.4. The highest BCUT2D eigenvalue weighted by atomic mass is 32.2. The number of nitro groups is 1. The molecule has 0 atom stereocenters. The van der Waals surface area contributed by atoms with E-state index < -0.39 is 28.0 Å². The summed E-state index contributed by atoms with van der Waals surface area (Å²) in [5.74, 6) is -1.53. The van der Waals surface area contributed by atoms with Crippen molar-refractivity contribution in [3.63, 3.8) is 0 Å². The van der Waals surface area contributed by atoms with Gasteiger partial charge in [0.1, 0.15) is 11.4 Å². The highest BCUT2D eigenvalue weighted by molar-refractivity contribution is 7.99. The molecule has 0 saturated heterocycles. The first-order chi connectivity index (χ1) is 8.97. The number of carboxylic acid groups (broad SMARTS) is 1. The van der Waals surface area contributed by atoms with Crippen LogP contribution in [0, 0.1) is 15.9 Å². The largest absolute Gasteiger partial charge is 0.477 e. The number of halogens is 1. The molecule has 0 spiro atoms. The van der Waals surface area contributed by atoms with Gasteiger partial charge in [0.2, 0.25) is 0 Å². The number of carboxylic acids is 1. The molecule has 5 nitrogen and oxygen atoms in total. The summed E-state index contributed by atoms with van der Waals surface area (Å²) in [7, 11) is 0. The smallest absolute Gasteiger partial charge is 0.342 e. The summed E-state index contributed by atoms with van der Waals surface area (Å²) in [6.07, 6.45) is 2.93. The molecule has 0 unspecified atom stereocenters. The Balaban J connectivity index is 2.97. The topological polar surface area (TPSA) is 80.4 Å². The number of thioether (sulfide) groups is 1. The van der Waals surface area contributed by atoms with Crippen molar-refractivity contribution >= 4 is 23.4 Å². The van der Waals surface area contributed by atoms with Crippen molar-refractivity contribution in [2.24, 2.45) is 0 Å². The van der Waals surface area contributed by atoms with Crippen LogP contribution in [-0.4, -0.2) is 21.8 Å². The van der Waals surface area contributed by atoms with Crippen LogP contribution in [0.4, 0.5) is 10.1 Å². The molecule has 0 fully saturated rings. The molecule has 104 valence electrons. The second-order valence-electron chi connectivity index (χ2n) is 3.92. The highest BCUT2D eigenvalue weighted by Gasteiger charge is 2.23. The highest BCUT2D eigenvalue weighted by Crippen LogP contribution is 2.30. The number of nitrogens with zero attached hydrogens (tertiary/aromatic N) is 1. The molecular weight excluding hydrogens is 273 g/mol. The van der Waals surface area contributed by atoms with Crippen molar-refractivity contribution in [1.82, 2.24) is 0 Å². The first-order valence-corrected chi connectivity index (χ1v) is 6.80. The zero-order chi connectivity index (χ0) is 14.4. The molecule has 0 aliphatic heterocycles. The molecule has 1 aromatic carbocycles. The average molecular weight is 287 g/mol. The Hall–Kier alpha value is -1.63. The summed E-state index contributed by atoms with van der Waals surface area (Å²) >= 11 is 1.18. The lowest BCUT2D eigenvalue weighted by molar-refractivity contribution is -0.385. The molecule has 0 saturated carbocycles. The van der Waals surface area contributed by atoms with E-state index in [1.807, 2.05) is 6.92 Å². The Labute approximate surface area is 114 Å². The molecular formula is C12H14FNO4S. The van der Waals surface area contributed by atoms with Gasteiger partial charge in [-0.3, -0.25) is 10.1 Å². The van der Waals surface area contributed by atoms with Gasteiger partial charge in [-0.2, -0.15) is 0 Å². The molecule has 19 heavy (non-hydrogen) atoms. The quantitative estimate of drug-likeness (QED) is 0.358. The van der Waals surface area contributed by atoms with E-state index in [0.29, 0.717) is 11.8 Å². The zero-order valence-corrected chi connectivity index (χ0v) is 11.2. The van der Waals surface area contributed by atoms with Crippen LogP contribution in [0.2, 0.25) is 0 Å². The number of unbranched alkanes of at least 4 members (excludes halogenated alkanes) is 2. The third-order valence-corrected chi connectivity index (χ3v) is 3.60. The summed E-state index contributed by atoms with van der Waals surface area (Å²) in [5, 5.41) is 19.6. The SMILES string of the molecule is CCCCCSc1cc(C(=O)O)c([N+](=O)[O-])cc1F. The van der Waals surface area contributed by atoms with Crippen LogP contribution in [0.3, 0.4) is 0 Å². The lowest BCUT2D eigenvalue weighted by Crippen LogP contribution is -2.04. The number of hydrogen-bond donors (Lipinski definition) is 1. The molecule has 0 radical (unpaired) electrons. The second kappa shape index (κ2) is 7.08. The Morgan fingerprint density at radius 3 is 2.68 bits per heavy atom. The van der Waals surface area contributed by atoms with Gasteiger partial charge in [0.05, 0.1) is 11.0 Å². The number of rotatable bonds is 7. The lowest BCUT2D eigenvalue weighted by atomic mass is 10.2. The first kappa shape index (κ1) is 15.4. The third-order valence-electron chi connectivity index (χ3n) is 2.48. The van der Waals surface area contributed by atoms with Crippen molar-refractivity contribution in [2.45, 2.75) is 31.1 Å². The monoisotopic (exact) mass is 287 g/mol. The molecule has 1 rings (SSSR count). The van der Waals surface area contributed by atoms with E-state index in [2.05, 4.69) is 0 Å². The van der Waals surface area contributed by atoms with Crippen LogP contribution in [0.5, 0.6) is 0 Å². The maximum Gasteiger partial charge on any atom is 0.342 e. The summed E-state index contributed by atoms with van der Waals surface area (Å²) in [6, 6.07) is 1.71. The van der Waals surface area contributed by atoms with Crippen molar-refractivity contribution in [3.8, 4) is 0 Å². The Kier molecular flexibility index (Phi) is 5.75. The predicted octanol–water partition coefficient (Wildman–Crippen LogP) is 3.71. The van der Waals surface area contributed by atoms with Gasteiger partial charge >= 0.3 is 5.97 Å². The maximum atomic E-state index is 13.6. The van der Waals surface area contributed by atoms with Crippen molar-refractivity contribution in [3.05, 3.63) is 33.6 Å². The van der Waals surface area contributed by atoms with E-state index in [9.17, 15) is 19.3 Å². The second-order valence-corrected chi connectivity index (χ2v) is 5.05. The predicted molar refractivity (Wildman–Crippen MR) is 70.3 cm³/mol. The van der Waals surface area contributed by atoms with Gasteiger partial charge in [0.15, 0.2) is 0 Å². The summed E-state index contributed by atoms with van der Waals surface area (Å²) < 4.78 is 13.6. The van der Waals surface area contributed by atoms with E-state index in [0.717, 1.165) is 25.3 Å². The summed E-state index contributed by atoms with van der Waals surface area (Å²) in [5.41, 5.74) is -1.20. The van der Waals surface area contributed by atoms with Gasteiger partial charge in [-0.1, -0.05) is 19.8 Å². The average Bonchev–Trinajstić information content (AvgIpc) is 2.35. The molecule has 0 aliphatic carbocycles. The van der Waals surface area contributed by atoms with Crippen molar-refractivity contribution in [1.29, 1.82) is 0 Å². The van der Waals surface area contributed by atoms with Gasteiger partial charge in [-0.05, 0) is 18.2 Å². The number of hydrogen-bond acceptors (Lipinski definition) is 4. The Morgan fingerprint density at radius 2 is 2.16 bits per heavy atom. The van der Waals surface area contributed by atoms with Crippen LogP contribution in [0.25, 0.3) is 0 Å². The van der Waals surface area contributed by atoms with Gasteiger partial charge in [-0.15, -0.1) is 11.8 Å². The van der Waals surface area contributed by atoms with Crippen LogP contribution in [0.1, 0.15) is 36.5 Å². The lowest BCUT2D eigenvalue weighted by Gasteiger charge is -2.05. The third kappa shape index (κ3) is 4.20. The van der Waals surface area contributed by atoms with E-state index in [1.165, 1.54) is 11.8 Å². The summed E-state index contributed by atoms with van der Waals surface area (Å²) in [6.45, 7) is 2.04. The van der Waals surface area contributed by atoms with Gasteiger partial charge < -0.3 is 5.11 Å². The van der Waals surface area contributed by atoms with Crippen LogP contribution >= 0.6 is 11.8 Å². The van der Waals surface area contributed by atoms with Crippen LogP contribution in [0.15, 0.2) is 17.0 Å². The molecule has 0 amide bonds. The van der Waals surface area contributed by atoms with Gasteiger partial charge in [-0.25, -0.2) is 9.18 Å². The summed E-state index contributed by atoms with van der Waals surface area (Å²) in [4.78, 5) is 20.8. The zero-order valence-electron chi connectivity index (χ0n) is 10.4. The first-order valence-electron chi connectivity index (χ1n) is 5.81. The van der Waals surface area contributed by atoms with Crippen LogP contribution < -0.4 is 0 Å². The van der Waals surface area contributed by atoms with Crippen molar-refractivity contribution < 1.29 is 19.2 Å². The van der Waals surface area contributed by atoms with E-state index in [4.69, 9.17) is 5.11 Å². The molecule has 7 heteroatoms. The Morgan fingerprint density at radius 1 is 1.47 bits per heavy atom. The number of benzene rings is 1. The Bertz CT molecular complexity index is 493. The number of nitro benzene ring substituents is 1. The molecule has 1 aromatic rings. The molecule has 0 aromatic heterocycles. The van der Waals surface area contributed by atoms with E-state index in [1.54, 1.807) is 0 Å². The van der Waals surface area contributed by atoms with Crippen molar-refractivity contribution in [2.75, 3.05) is 5.75 Å². The van der Waals surface area contributed by atoms with E-state index >= 15 is 0 Å². The standard InChI is InChI=1S/C12H14FNO4S/c1-2-3-4-5-19-11-6-8(12(15)16)10(14(17)18)7-9(11)13/h6-7H,2-5H2,1H3,(H,15,16). The molecule has 0 bridgehead atoms. The minimum atomic E-state index is -1.43.